The van der Waals surface area contributed by atoms with E-state index in [4.69, 9.17) is 0 Å². The molecule has 0 saturated heterocycles. The smallest absolute Gasteiger partial charge is 0.111 e. The Labute approximate surface area is 157 Å². The Morgan fingerprint density at radius 3 is 1.28 bits per heavy atom. The molecule has 2 N–H and O–H groups in total. The van der Waals surface area contributed by atoms with Crippen LogP contribution >= 0.6 is 0 Å². The zero-order valence-electron chi connectivity index (χ0n) is 16.9. The van der Waals surface area contributed by atoms with E-state index in [-0.39, 0.29) is 0 Å². The number of rotatable bonds is 8. The zero-order valence-corrected chi connectivity index (χ0v) is 19.9. The minimum Gasteiger partial charge on any atom is -0.397 e. The van der Waals surface area contributed by atoms with Crippen LogP contribution in [0.4, 0.5) is 0 Å². The molecule has 140 valence electrons. The lowest BCUT2D eigenvalue weighted by Crippen LogP contribution is -2.43. The van der Waals surface area contributed by atoms with Gasteiger partial charge < -0.3 is 10.2 Å². The zero-order chi connectivity index (χ0) is 18.9. The van der Waals surface area contributed by atoms with Crippen molar-refractivity contribution in [3.8, 4) is 0 Å². The molecule has 0 aliphatic heterocycles. The standard InChI is InChI=1S/C20H36O2Si3/c1-23(2,15-13-21)17-9-7-11-19(17)25(5,6)20-12-8-10-18(20)24(3,4)16-14-22/h9-12,21-22H,7-8,13-16H2,1-6H3. The predicted octanol–water partition coefficient (Wildman–Crippen LogP) is 4.77. The molecule has 0 aromatic carbocycles. The van der Waals surface area contributed by atoms with E-state index in [2.05, 4.69) is 63.6 Å². The highest BCUT2D eigenvalue weighted by molar-refractivity contribution is 7.00. The van der Waals surface area contributed by atoms with Gasteiger partial charge in [-0.15, -0.1) is 0 Å². The topological polar surface area (TPSA) is 40.5 Å². The summed E-state index contributed by atoms with van der Waals surface area (Å²) < 4.78 is 0. The quantitative estimate of drug-likeness (QED) is 0.584. The first kappa shape index (κ1) is 20.8. The Morgan fingerprint density at radius 2 is 0.960 bits per heavy atom. The maximum atomic E-state index is 9.53. The molecule has 0 bridgehead atoms. The molecule has 0 aromatic heterocycles. The van der Waals surface area contributed by atoms with Crippen LogP contribution in [0.5, 0.6) is 0 Å². The molecule has 2 aliphatic rings. The summed E-state index contributed by atoms with van der Waals surface area (Å²) in [4.78, 5) is 0. The maximum Gasteiger partial charge on any atom is 0.111 e. The predicted molar refractivity (Wildman–Crippen MR) is 118 cm³/mol. The molecule has 2 aliphatic carbocycles. The van der Waals surface area contributed by atoms with Gasteiger partial charge in [0.05, 0.1) is 16.1 Å². The second kappa shape index (κ2) is 7.64. The molecular formula is C20H36O2Si3. The van der Waals surface area contributed by atoms with Gasteiger partial charge in [-0.1, -0.05) is 84.4 Å². The highest BCUT2D eigenvalue weighted by Gasteiger charge is 2.43. The van der Waals surface area contributed by atoms with Crippen molar-refractivity contribution in [1.82, 2.24) is 0 Å². The summed E-state index contributed by atoms with van der Waals surface area (Å²) in [6, 6.07) is 1.90. The van der Waals surface area contributed by atoms with Gasteiger partial charge in [-0.3, -0.25) is 0 Å². The molecular weight excluding hydrogens is 356 g/mol. The van der Waals surface area contributed by atoms with Gasteiger partial charge >= 0.3 is 0 Å². The van der Waals surface area contributed by atoms with Gasteiger partial charge in [-0.25, -0.2) is 0 Å². The first-order valence-electron chi connectivity index (χ1n) is 9.63. The van der Waals surface area contributed by atoms with Gasteiger partial charge in [0.2, 0.25) is 0 Å². The van der Waals surface area contributed by atoms with E-state index < -0.39 is 24.2 Å². The molecule has 0 saturated carbocycles. The van der Waals surface area contributed by atoms with Crippen LogP contribution in [0.3, 0.4) is 0 Å². The summed E-state index contributed by atoms with van der Waals surface area (Å²) in [5, 5.41) is 25.5. The molecule has 0 spiro atoms. The van der Waals surface area contributed by atoms with Crippen LogP contribution in [0, 0.1) is 0 Å². The van der Waals surface area contributed by atoms with Crippen molar-refractivity contribution >= 4 is 24.2 Å². The minimum atomic E-state index is -1.75. The lowest BCUT2D eigenvalue weighted by molar-refractivity contribution is 0.316. The molecule has 2 rings (SSSR count). The van der Waals surface area contributed by atoms with Gasteiger partial charge in [0, 0.05) is 13.2 Å². The van der Waals surface area contributed by atoms with Crippen molar-refractivity contribution in [2.75, 3.05) is 13.2 Å². The molecule has 0 fully saturated rings. The summed E-state index contributed by atoms with van der Waals surface area (Å²) in [6.07, 6.45) is 12.0. The minimum absolute atomic E-state index is 0.302. The Balaban J connectivity index is 2.36. The molecule has 25 heavy (non-hydrogen) atoms. The van der Waals surface area contributed by atoms with Gasteiger partial charge in [0.15, 0.2) is 0 Å². The summed E-state index contributed by atoms with van der Waals surface area (Å²) in [5.41, 5.74) is 0. The molecule has 0 heterocycles. The van der Waals surface area contributed by atoms with Crippen molar-refractivity contribution in [1.29, 1.82) is 0 Å². The molecule has 0 atom stereocenters. The average molecular weight is 393 g/mol. The molecule has 0 amide bonds. The van der Waals surface area contributed by atoms with Gasteiger partial charge in [-0.2, -0.15) is 0 Å². The third-order valence-electron chi connectivity index (χ3n) is 6.15. The normalized spacial score (nSPS) is 18.9. The highest BCUT2D eigenvalue weighted by Crippen LogP contribution is 2.44. The van der Waals surface area contributed by atoms with Crippen molar-refractivity contribution < 1.29 is 10.2 Å². The SMILES string of the molecule is C[Si](C)(CCO)C1=CCC=C1[Si](C)(C)C1=CCC=C1[Si](C)(C)CCO. The van der Waals surface area contributed by atoms with Crippen LogP contribution < -0.4 is 0 Å². The number of aliphatic hydroxyl groups excluding tert-OH is 2. The van der Waals surface area contributed by atoms with Gasteiger partial charge in [0.25, 0.3) is 0 Å². The molecule has 2 nitrogen and oxygen atoms in total. The maximum absolute atomic E-state index is 9.53. The number of aliphatic hydroxyl groups is 2. The van der Waals surface area contributed by atoms with E-state index in [1.807, 2.05) is 0 Å². The van der Waals surface area contributed by atoms with E-state index in [0.717, 1.165) is 24.9 Å². The van der Waals surface area contributed by atoms with Crippen LogP contribution in [-0.4, -0.2) is 47.6 Å². The van der Waals surface area contributed by atoms with E-state index in [0.29, 0.717) is 13.2 Å². The Bertz CT molecular complexity index is 583. The van der Waals surface area contributed by atoms with Crippen molar-refractivity contribution in [2.24, 2.45) is 0 Å². The second-order valence-corrected chi connectivity index (χ2v) is 23.2. The van der Waals surface area contributed by atoms with E-state index in [1.54, 1.807) is 20.8 Å². The lowest BCUT2D eigenvalue weighted by Gasteiger charge is -2.38. The molecule has 0 radical (unpaired) electrons. The summed E-state index contributed by atoms with van der Waals surface area (Å²) in [5.74, 6) is 0. The second-order valence-electron chi connectivity index (χ2n) is 9.28. The van der Waals surface area contributed by atoms with Crippen LogP contribution in [0.15, 0.2) is 45.1 Å². The van der Waals surface area contributed by atoms with Crippen LogP contribution in [0.2, 0.25) is 51.4 Å². The van der Waals surface area contributed by atoms with E-state index >= 15 is 0 Å². The molecule has 0 aromatic rings. The summed E-state index contributed by atoms with van der Waals surface area (Å²) >= 11 is 0. The third kappa shape index (κ3) is 4.11. The summed E-state index contributed by atoms with van der Waals surface area (Å²) in [7, 11) is -4.90. The Kier molecular flexibility index (Phi) is 6.37. The first-order chi connectivity index (χ1) is 11.6. The van der Waals surface area contributed by atoms with Crippen molar-refractivity contribution in [2.45, 2.75) is 64.2 Å². The largest absolute Gasteiger partial charge is 0.397 e. The molecule has 5 heteroatoms. The number of hydrogen-bond donors (Lipinski definition) is 2. The lowest BCUT2D eigenvalue weighted by atomic mass is 10.5. The fraction of sp³-hybridized carbons (Fsp3) is 0.600. The highest BCUT2D eigenvalue weighted by atomic mass is 28.3. The van der Waals surface area contributed by atoms with Crippen LogP contribution in [-0.2, 0) is 0 Å². The molecule has 0 unspecified atom stereocenters. The van der Waals surface area contributed by atoms with E-state index in [9.17, 15) is 10.2 Å². The van der Waals surface area contributed by atoms with Gasteiger partial charge in [-0.05, 0) is 24.9 Å². The third-order valence-corrected chi connectivity index (χ3v) is 17.1. The number of hydrogen-bond acceptors (Lipinski definition) is 2. The first-order valence-corrected chi connectivity index (χ1v) is 19.0. The van der Waals surface area contributed by atoms with E-state index in [1.165, 1.54) is 0 Å². The number of allylic oxidation sites excluding steroid dienone is 8. The van der Waals surface area contributed by atoms with Crippen LogP contribution in [0.25, 0.3) is 0 Å². The average Bonchev–Trinajstić information content (AvgIpc) is 3.17. The Hall–Kier alpha value is -0.469. The summed E-state index contributed by atoms with van der Waals surface area (Å²) in [6.45, 7) is 15.2. The fourth-order valence-corrected chi connectivity index (χ4v) is 16.1. The van der Waals surface area contributed by atoms with Crippen LogP contribution in [0.1, 0.15) is 12.8 Å². The van der Waals surface area contributed by atoms with Gasteiger partial charge in [0.1, 0.15) is 8.07 Å². The van der Waals surface area contributed by atoms with Crippen molar-refractivity contribution in [3.63, 3.8) is 0 Å². The fourth-order valence-electron chi connectivity index (χ4n) is 4.47. The monoisotopic (exact) mass is 392 g/mol. The Morgan fingerprint density at radius 1 is 0.640 bits per heavy atom. The van der Waals surface area contributed by atoms with Crippen molar-refractivity contribution in [3.05, 3.63) is 45.1 Å².